The molecule has 3 fully saturated rings. The molecule has 3 aliphatic carbocycles. The first kappa shape index (κ1) is 16.2. The lowest BCUT2D eigenvalue weighted by Crippen LogP contribution is -2.42. The van der Waals surface area contributed by atoms with Crippen LogP contribution >= 0.6 is 0 Å². The molecule has 2 aromatic carbocycles. The molecule has 2 saturated carbocycles. The Hall–Kier alpha value is -1.80. The Morgan fingerprint density at radius 1 is 1.11 bits per heavy atom. The molecule has 0 amide bonds. The van der Waals surface area contributed by atoms with Crippen molar-refractivity contribution in [2.24, 2.45) is 17.3 Å². The fourth-order valence-electron chi connectivity index (χ4n) is 6.69. The summed E-state index contributed by atoms with van der Waals surface area (Å²) in [5.74, 6) is 3.52. The Balaban J connectivity index is 1.22. The molecular formula is C25H28O2. The Bertz CT molecular complexity index is 860. The minimum atomic E-state index is 0.460. The molecule has 2 heteroatoms. The average Bonchev–Trinajstić information content (AvgIpc) is 3.43. The van der Waals surface area contributed by atoms with Gasteiger partial charge in [-0.25, -0.2) is 0 Å². The molecular weight excluding hydrogens is 332 g/mol. The molecule has 3 unspecified atom stereocenters. The zero-order valence-corrected chi connectivity index (χ0v) is 16.1. The summed E-state index contributed by atoms with van der Waals surface area (Å²) in [5.41, 5.74) is 4.83. The van der Waals surface area contributed by atoms with Gasteiger partial charge in [-0.15, -0.1) is 0 Å². The Labute approximate surface area is 161 Å². The number of hydrogen-bond acceptors (Lipinski definition) is 2. The quantitative estimate of drug-likeness (QED) is 0.674. The zero-order chi connectivity index (χ0) is 18.0. The minimum Gasteiger partial charge on any atom is -0.489 e. The van der Waals surface area contributed by atoms with E-state index >= 15 is 0 Å². The van der Waals surface area contributed by atoms with E-state index < -0.39 is 0 Å². The number of rotatable bonds is 3. The van der Waals surface area contributed by atoms with Gasteiger partial charge in [0, 0.05) is 0 Å². The molecule has 0 spiro atoms. The predicted molar refractivity (Wildman–Crippen MR) is 106 cm³/mol. The van der Waals surface area contributed by atoms with Crippen molar-refractivity contribution in [1.82, 2.24) is 0 Å². The van der Waals surface area contributed by atoms with Crippen molar-refractivity contribution in [3.63, 3.8) is 0 Å². The lowest BCUT2D eigenvalue weighted by molar-refractivity contribution is 0.00418. The number of epoxide rings is 1. The van der Waals surface area contributed by atoms with Gasteiger partial charge in [0.1, 0.15) is 12.4 Å². The van der Waals surface area contributed by atoms with Crippen molar-refractivity contribution >= 4 is 0 Å². The summed E-state index contributed by atoms with van der Waals surface area (Å²) in [4.78, 5) is 0. The van der Waals surface area contributed by atoms with Gasteiger partial charge in [0.15, 0.2) is 0 Å². The van der Waals surface area contributed by atoms with Crippen LogP contribution in [-0.2, 0) is 17.8 Å². The summed E-state index contributed by atoms with van der Waals surface area (Å²) in [6, 6.07) is 17.3. The maximum absolute atomic E-state index is 6.08. The number of hydrogen-bond donors (Lipinski definition) is 0. The molecule has 27 heavy (non-hydrogen) atoms. The maximum Gasteiger partial charge on any atom is 0.120 e. The third kappa shape index (κ3) is 2.49. The van der Waals surface area contributed by atoms with Gasteiger partial charge in [0.25, 0.3) is 0 Å². The third-order valence-corrected chi connectivity index (χ3v) is 8.10. The van der Waals surface area contributed by atoms with E-state index in [9.17, 15) is 0 Å². The van der Waals surface area contributed by atoms with E-state index in [4.69, 9.17) is 9.47 Å². The monoisotopic (exact) mass is 360 g/mol. The van der Waals surface area contributed by atoms with Crippen LogP contribution in [0.2, 0.25) is 0 Å². The fourth-order valence-corrected chi connectivity index (χ4v) is 6.69. The van der Waals surface area contributed by atoms with Gasteiger partial charge in [0.05, 0.1) is 12.2 Å². The normalized spacial score (nSPS) is 38.3. The molecule has 0 aromatic heterocycles. The predicted octanol–water partition coefficient (Wildman–Crippen LogP) is 5.50. The third-order valence-electron chi connectivity index (χ3n) is 8.10. The van der Waals surface area contributed by atoms with E-state index in [0.717, 1.165) is 23.5 Å². The Kier molecular flexibility index (Phi) is 3.50. The molecule has 2 aromatic rings. The van der Waals surface area contributed by atoms with E-state index in [2.05, 4.69) is 49.4 Å². The van der Waals surface area contributed by atoms with Gasteiger partial charge < -0.3 is 9.47 Å². The standard InChI is InChI=1S/C25H28O2/c1-25-12-11-20-19-10-8-18(26-15-16-5-3-2-4-6-16)13-17(19)7-9-21(20)22(25)14-23-24(25)27-23/h2-6,8,10,13,20-24H,7,9,11-12,14-15H2,1H3/t20?,21?,22?,23-,24-,25+/m1/s1. The molecule has 0 bridgehead atoms. The molecule has 1 heterocycles. The van der Waals surface area contributed by atoms with Crippen molar-refractivity contribution < 1.29 is 9.47 Å². The number of aryl methyl sites for hydroxylation is 1. The maximum atomic E-state index is 6.08. The highest BCUT2D eigenvalue weighted by molar-refractivity contribution is 5.41. The van der Waals surface area contributed by atoms with E-state index in [1.54, 1.807) is 5.56 Å². The SMILES string of the molecule is C[C@]12CCC3c4ccc(OCc5ccccc5)cc4CCC3C1C[C@H]1O[C@H]12. The number of ether oxygens (including phenoxy) is 2. The van der Waals surface area contributed by atoms with Crippen LogP contribution in [0.4, 0.5) is 0 Å². The highest BCUT2D eigenvalue weighted by Gasteiger charge is 2.66. The van der Waals surface area contributed by atoms with E-state index in [-0.39, 0.29) is 0 Å². The van der Waals surface area contributed by atoms with Gasteiger partial charge in [-0.3, -0.25) is 0 Å². The minimum absolute atomic E-state index is 0.460. The fraction of sp³-hybridized carbons (Fsp3) is 0.520. The smallest absolute Gasteiger partial charge is 0.120 e. The van der Waals surface area contributed by atoms with Crippen LogP contribution in [-0.4, -0.2) is 12.2 Å². The van der Waals surface area contributed by atoms with E-state index in [0.29, 0.717) is 24.2 Å². The van der Waals surface area contributed by atoms with Gasteiger partial charge >= 0.3 is 0 Å². The van der Waals surface area contributed by atoms with Gasteiger partial charge in [-0.1, -0.05) is 43.3 Å². The van der Waals surface area contributed by atoms with Crippen LogP contribution in [0.1, 0.15) is 55.2 Å². The first-order valence-electron chi connectivity index (χ1n) is 10.7. The first-order valence-corrected chi connectivity index (χ1v) is 10.7. The van der Waals surface area contributed by atoms with Crippen LogP contribution < -0.4 is 4.74 Å². The molecule has 0 radical (unpaired) electrons. The van der Waals surface area contributed by atoms with Crippen LogP contribution in [0.3, 0.4) is 0 Å². The highest BCUT2D eigenvalue weighted by Crippen LogP contribution is 2.66. The van der Waals surface area contributed by atoms with E-state index in [1.807, 2.05) is 6.07 Å². The van der Waals surface area contributed by atoms with Crippen LogP contribution in [0.25, 0.3) is 0 Å². The van der Waals surface area contributed by atoms with Gasteiger partial charge in [-0.2, -0.15) is 0 Å². The van der Waals surface area contributed by atoms with Crippen molar-refractivity contribution in [2.75, 3.05) is 0 Å². The molecule has 140 valence electrons. The van der Waals surface area contributed by atoms with Gasteiger partial charge in [0.2, 0.25) is 0 Å². The summed E-state index contributed by atoms with van der Waals surface area (Å²) in [5, 5.41) is 0. The van der Waals surface area contributed by atoms with Crippen molar-refractivity contribution in [2.45, 2.75) is 63.8 Å². The first-order chi connectivity index (χ1) is 13.2. The van der Waals surface area contributed by atoms with Crippen molar-refractivity contribution in [1.29, 1.82) is 0 Å². The second-order valence-corrected chi connectivity index (χ2v) is 9.43. The van der Waals surface area contributed by atoms with E-state index in [1.165, 1.54) is 43.2 Å². The average molecular weight is 360 g/mol. The summed E-state index contributed by atoms with van der Waals surface area (Å²) in [7, 11) is 0. The molecule has 6 atom stereocenters. The summed E-state index contributed by atoms with van der Waals surface area (Å²) < 4.78 is 12.0. The summed E-state index contributed by atoms with van der Waals surface area (Å²) >= 11 is 0. The lowest BCUT2D eigenvalue weighted by Gasteiger charge is -2.49. The molecule has 4 aliphatic rings. The van der Waals surface area contributed by atoms with Crippen molar-refractivity contribution in [3.8, 4) is 5.75 Å². The summed E-state index contributed by atoms with van der Waals surface area (Å²) in [6.07, 6.45) is 7.72. The second kappa shape index (κ2) is 5.85. The van der Waals surface area contributed by atoms with Crippen LogP contribution in [0.5, 0.6) is 5.75 Å². The summed E-state index contributed by atoms with van der Waals surface area (Å²) in [6.45, 7) is 3.16. The molecule has 1 saturated heterocycles. The van der Waals surface area contributed by atoms with Crippen molar-refractivity contribution in [3.05, 3.63) is 65.2 Å². The Morgan fingerprint density at radius 2 is 2.00 bits per heavy atom. The zero-order valence-electron chi connectivity index (χ0n) is 16.1. The van der Waals surface area contributed by atoms with Crippen LogP contribution in [0, 0.1) is 17.3 Å². The van der Waals surface area contributed by atoms with Gasteiger partial charge in [-0.05, 0) is 84.1 Å². The lowest BCUT2D eigenvalue weighted by atomic mass is 9.55. The molecule has 0 N–H and O–H groups in total. The molecule has 1 aliphatic heterocycles. The topological polar surface area (TPSA) is 21.8 Å². The molecule has 2 nitrogen and oxygen atoms in total. The number of fused-ring (bicyclic) bond motifs is 7. The van der Waals surface area contributed by atoms with Crippen LogP contribution in [0.15, 0.2) is 48.5 Å². The Morgan fingerprint density at radius 3 is 2.89 bits per heavy atom. The second-order valence-electron chi connectivity index (χ2n) is 9.43. The largest absolute Gasteiger partial charge is 0.489 e. The highest BCUT2D eigenvalue weighted by atomic mass is 16.6. The number of benzene rings is 2. The molecule has 6 rings (SSSR count).